The summed E-state index contributed by atoms with van der Waals surface area (Å²) >= 11 is 3.39. The first-order valence-electron chi connectivity index (χ1n) is 5.89. The van der Waals surface area contributed by atoms with Crippen molar-refractivity contribution in [3.63, 3.8) is 0 Å². The Morgan fingerprint density at radius 3 is 2.82 bits per heavy atom. The van der Waals surface area contributed by atoms with Gasteiger partial charge in [-0.2, -0.15) is 0 Å². The second kappa shape index (κ2) is 5.08. The van der Waals surface area contributed by atoms with Crippen molar-refractivity contribution in [2.24, 2.45) is 5.92 Å². The number of benzene rings is 1. The molecule has 4 heteroatoms. The Hall–Kier alpha value is -1.03. The van der Waals surface area contributed by atoms with Gasteiger partial charge in [0.05, 0.1) is 11.3 Å². The first-order valence-corrected chi connectivity index (χ1v) is 6.69. The third kappa shape index (κ3) is 2.63. The van der Waals surface area contributed by atoms with Crippen molar-refractivity contribution in [2.75, 3.05) is 18.0 Å². The predicted molar refractivity (Wildman–Crippen MR) is 71.7 cm³/mol. The fourth-order valence-corrected chi connectivity index (χ4v) is 2.65. The first kappa shape index (κ1) is 12.4. The molecule has 0 radical (unpaired) electrons. The zero-order valence-corrected chi connectivity index (χ0v) is 11.4. The molecule has 1 aromatic carbocycles. The van der Waals surface area contributed by atoms with Gasteiger partial charge in [-0.25, -0.2) is 4.79 Å². The molecule has 1 heterocycles. The monoisotopic (exact) mass is 297 g/mol. The lowest BCUT2D eigenvalue weighted by Gasteiger charge is -2.41. The van der Waals surface area contributed by atoms with Crippen molar-refractivity contribution in [3.05, 3.63) is 28.2 Å². The lowest BCUT2D eigenvalue weighted by Crippen LogP contribution is -2.47. The van der Waals surface area contributed by atoms with Gasteiger partial charge in [0.2, 0.25) is 0 Å². The van der Waals surface area contributed by atoms with E-state index in [0.717, 1.165) is 29.2 Å². The molecule has 0 spiro atoms. The second-order valence-electron chi connectivity index (χ2n) is 4.53. The van der Waals surface area contributed by atoms with Crippen LogP contribution in [0.3, 0.4) is 0 Å². The minimum Gasteiger partial charge on any atom is -0.478 e. The van der Waals surface area contributed by atoms with Gasteiger partial charge in [0.25, 0.3) is 0 Å². The Morgan fingerprint density at radius 2 is 2.24 bits per heavy atom. The molecule has 1 fully saturated rings. The summed E-state index contributed by atoms with van der Waals surface area (Å²) in [5, 5.41) is 9.15. The van der Waals surface area contributed by atoms with Crippen LogP contribution in [0.25, 0.3) is 0 Å². The van der Waals surface area contributed by atoms with Gasteiger partial charge < -0.3 is 10.0 Å². The summed E-state index contributed by atoms with van der Waals surface area (Å²) in [7, 11) is 0. The van der Waals surface area contributed by atoms with E-state index >= 15 is 0 Å². The van der Waals surface area contributed by atoms with Gasteiger partial charge in [0.1, 0.15) is 0 Å². The van der Waals surface area contributed by atoms with Gasteiger partial charge >= 0.3 is 5.97 Å². The van der Waals surface area contributed by atoms with Gasteiger partial charge in [-0.15, -0.1) is 0 Å². The number of hydrogen-bond acceptors (Lipinski definition) is 2. The van der Waals surface area contributed by atoms with E-state index in [1.807, 2.05) is 6.07 Å². The summed E-state index contributed by atoms with van der Waals surface area (Å²) < 4.78 is 0.927. The number of carboxylic acids is 1. The number of aromatic carboxylic acids is 1. The van der Waals surface area contributed by atoms with E-state index in [4.69, 9.17) is 5.11 Å². The van der Waals surface area contributed by atoms with Gasteiger partial charge in [0, 0.05) is 17.6 Å². The molecule has 0 bridgehead atoms. The highest BCUT2D eigenvalue weighted by Gasteiger charge is 2.28. The summed E-state index contributed by atoms with van der Waals surface area (Å²) in [5.41, 5.74) is 1.22. The number of carboxylic acid groups (broad SMARTS) is 1. The zero-order valence-electron chi connectivity index (χ0n) is 9.82. The highest BCUT2D eigenvalue weighted by Crippen LogP contribution is 2.32. The second-order valence-corrected chi connectivity index (χ2v) is 5.44. The number of hydrogen-bond donors (Lipinski definition) is 1. The first-order chi connectivity index (χ1) is 8.11. The minimum absolute atomic E-state index is 0.392. The Morgan fingerprint density at radius 1 is 1.53 bits per heavy atom. The molecule has 0 aromatic heterocycles. The van der Waals surface area contributed by atoms with Gasteiger partial charge in [-0.1, -0.05) is 29.3 Å². The molecule has 0 aliphatic carbocycles. The highest BCUT2D eigenvalue weighted by atomic mass is 79.9. The lowest BCUT2D eigenvalue weighted by atomic mass is 9.93. The fraction of sp³-hybridized carbons (Fsp3) is 0.462. The third-order valence-corrected chi connectivity index (χ3v) is 3.68. The van der Waals surface area contributed by atoms with Gasteiger partial charge in [-0.3, -0.25) is 0 Å². The van der Waals surface area contributed by atoms with Crippen molar-refractivity contribution in [2.45, 2.75) is 19.8 Å². The number of anilines is 1. The summed E-state index contributed by atoms with van der Waals surface area (Å²) in [6.45, 7) is 4.14. The van der Waals surface area contributed by atoms with Crippen LogP contribution in [0.5, 0.6) is 0 Å². The average molecular weight is 298 g/mol. The highest BCUT2D eigenvalue weighted by molar-refractivity contribution is 9.10. The lowest BCUT2D eigenvalue weighted by molar-refractivity contribution is 0.0697. The van der Waals surface area contributed by atoms with Crippen LogP contribution in [-0.4, -0.2) is 24.2 Å². The molecule has 0 atom stereocenters. The van der Waals surface area contributed by atoms with E-state index in [2.05, 4.69) is 27.8 Å². The van der Waals surface area contributed by atoms with Crippen LogP contribution < -0.4 is 4.90 Å². The molecular formula is C13H16BrNO2. The molecule has 2 rings (SSSR count). The standard InChI is InChI=1S/C13H16BrNO2/c1-2-3-9-7-15(8-9)12-6-10(14)4-5-11(12)13(16)17/h4-6,9H,2-3,7-8H2,1H3,(H,16,17). The minimum atomic E-state index is -0.855. The van der Waals surface area contributed by atoms with Crippen LogP contribution in [0.2, 0.25) is 0 Å². The van der Waals surface area contributed by atoms with Crippen molar-refractivity contribution in [1.82, 2.24) is 0 Å². The van der Waals surface area contributed by atoms with Crippen LogP contribution in [0.15, 0.2) is 22.7 Å². The summed E-state index contributed by atoms with van der Waals surface area (Å²) in [6.07, 6.45) is 2.43. The van der Waals surface area contributed by atoms with Gasteiger partial charge in [-0.05, 0) is 30.5 Å². The Bertz CT molecular complexity index is 427. The number of nitrogens with zero attached hydrogens (tertiary/aromatic N) is 1. The molecule has 17 heavy (non-hydrogen) atoms. The molecule has 1 saturated heterocycles. The van der Waals surface area contributed by atoms with Crippen molar-refractivity contribution in [1.29, 1.82) is 0 Å². The predicted octanol–water partition coefficient (Wildman–Crippen LogP) is 3.38. The Labute approximate surface area is 110 Å². The summed E-state index contributed by atoms with van der Waals surface area (Å²) in [4.78, 5) is 13.3. The van der Waals surface area contributed by atoms with Crippen LogP contribution in [0.4, 0.5) is 5.69 Å². The fourth-order valence-electron chi connectivity index (χ4n) is 2.30. The molecule has 92 valence electrons. The average Bonchev–Trinajstić information content (AvgIpc) is 2.22. The normalized spacial score (nSPS) is 15.8. The van der Waals surface area contributed by atoms with E-state index in [0.29, 0.717) is 5.56 Å². The quantitative estimate of drug-likeness (QED) is 0.926. The largest absolute Gasteiger partial charge is 0.478 e. The van der Waals surface area contributed by atoms with E-state index in [-0.39, 0.29) is 0 Å². The number of carbonyl (C=O) groups is 1. The van der Waals surface area contributed by atoms with Crippen LogP contribution in [-0.2, 0) is 0 Å². The Balaban J connectivity index is 2.16. The van der Waals surface area contributed by atoms with E-state index in [1.165, 1.54) is 12.8 Å². The third-order valence-electron chi connectivity index (χ3n) is 3.18. The summed E-state index contributed by atoms with van der Waals surface area (Å²) in [5.74, 6) is -0.132. The molecule has 3 nitrogen and oxygen atoms in total. The number of halogens is 1. The van der Waals surface area contributed by atoms with Crippen LogP contribution >= 0.6 is 15.9 Å². The van der Waals surface area contributed by atoms with Crippen molar-refractivity contribution in [3.8, 4) is 0 Å². The molecule has 0 saturated carbocycles. The van der Waals surface area contributed by atoms with Crippen LogP contribution in [0, 0.1) is 5.92 Å². The van der Waals surface area contributed by atoms with Gasteiger partial charge in [0.15, 0.2) is 0 Å². The maximum absolute atomic E-state index is 11.1. The molecule has 1 N–H and O–H groups in total. The molecule has 1 aromatic rings. The van der Waals surface area contributed by atoms with Crippen LogP contribution in [0.1, 0.15) is 30.1 Å². The molecular weight excluding hydrogens is 282 g/mol. The Kier molecular flexibility index (Phi) is 3.72. The molecule has 1 aliphatic heterocycles. The molecule has 0 amide bonds. The SMILES string of the molecule is CCCC1CN(c2cc(Br)ccc2C(=O)O)C1. The summed E-state index contributed by atoms with van der Waals surface area (Å²) in [6, 6.07) is 5.33. The zero-order chi connectivity index (χ0) is 12.4. The van der Waals surface area contributed by atoms with Crippen molar-refractivity contribution < 1.29 is 9.90 Å². The van der Waals surface area contributed by atoms with E-state index in [9.17, 15) is 4.79 Å². The topological polar surface area (TPSA) is 40.5 Å². The smallest absolute Gasteiger partial charge is 0.337 e. The maximum atomic E-state index is 11.1. The van der Waals surface area contributed by atoms with Crippen molar-refractivity contribution >= 4 is 27.6 Å². The van der Waals surface area contributed by atoms with E-state index < -0.39 is 5.97 Å². The van der Waals surface area contributed by atoms with E-state index in [1.54, 1.807) is 12.1 Å². The molecule has 1 aliphatic rings. The molecule has 0 unspecified atom stereocenters. The maximum Gasteiger partial charge on any atom is 0.337 e. The number of rotatable bonds is 4.